The summed E-state index contributed by atoms with van der Waals surface area (Å²) in [5.41, 5.74) is 2.76. The number of carboxylic acid groups (broad SMARTS) is 1. The van der Waals surface area contributed by atoms with E-state index in [1.165, 1.54) is 12.1 Å². The molecule has 2 aromatic carbocycles. The van der Waals surface area contributed by atoms with Gasteiger partial charge in [0.05, 0.1) is 17.6 Å². The molecule has 0 amide bonds. The highest BCUT2D eigenvalue weighted by Crippen LogP contribution is 2.36. The van der Waals surface area contributed by atoms with Crippen LogP contribution in [0.5, 0.6) is 5.75 Å². The van der Waals surface area contributed by atoms with E-state index in [0.29, 0.717) is 34.1 Å². The predicted octanol–water partition coefficient (Wildman–Crippen LogP) is 5.51. The van der Waals surface area contributed by atoms with Gasteiger partial charge in [-0.05, 0) is 47.7 Å². The van der Waals surface area contributed by atoms with Crippen molar-refractivity contribution in [3.05, 3.63) is 42.0 Å². The summed E-state index contributed by atoms with van der Waals surface area (Å²) in [6.45, 7) is 2.40. The van der Waals surface area contributed by atoms with E-state index in [-0.39, 0.29) is 11.7 Å². The van der Waals surface area contributed by atoms with Crippen LogP contribution in [0.1, 0.15) is 31.7 Å². The molecular formula is C20H19F3N2O3S. The number of carbonyl (C=O) groups is 1. The number of aromatic nitrogens is 2. The van der Waals surface area contributed by atoms with Gasteiger partial charge in [0.1, 0.15) is 16.8 Å². The van der Waals surface area contributed by atoms with Crippen LogP contribution in [0.25, 0.3) is 22.2 Å². The number of rotatable bonds is 7. The van der Waals surface area contributed by atoms with Gasteiger partial charge >= 0.3 is 12.1 Å². The van der Waals surface area contributed by atoms with Crippen LogP contribution in [0.3, 0.4) is 0 Å². The lowest BCUT2D eigenvalue weighted by molar-refractivity contribution is -0.153. The molecule has 0 aliphatic carbocycles. The third-order valence-electron chi connectivity index (χ3n) is 4.37. The third-order valence-corrected chi connectivity index (χ3v) is 4.92. The van der Waals surface area contributed by atoms with E-state index >= 15 is 0 Å². The van der Waals surface area contributed by atoms with Crippen molar-refractivity contribution in [1.29, 1.82) is 0 Å². The van der Waals surface area contributed by atoms with Gasteiger partial charge in [0.25, 0.3) is 0 Å². The SMILES string of the molecule is CC(C)CC(C(=O)O)c1ccc(OCC(F)(F)F)c(-c2ccc3nsnc3c2)c1. The Labute approximate surface area is 169 Å². The fraction of sp³-hybridized carbons (Fsp3) is 0.350. The van der Waals surface area contributed by atoms with Gasteiger partial charge in [-0.25, -0.2) is 0 Å². The zero-order chi connectivity index (χ0) is 21.2. The van der Waals surface area contributed by atoms with E-state index in [4.69, 9.17) is 4.74 Å². The van der Waals surface area contributed by atoms with Gasteiger partial charge in [0.15, 0.2) is 6.61 Å². The van der Waals surface area contributed by atoms with Crippen molar-refractivity contribution < 1.29 is 27.8 Å². The molecule has 0 saturated carbocycles. The molecule has 1 unspecified atom stereocenters. The quantitative estimate of drug-likeness (QED) is 0.541. The number of alkyl halides is 3. The Morgan fingerprint density at radius 3 is 2.52 bits per heavy atom. The number of nitrogens with zero attached hydrogens (tertiary/aromatic N) is 2. The van der Waals surface area contributed by atoms with Crippen LogP contribution >= 0.6 is 11.7 Å². The van der Waals surface area contributed by atoms with Gasteiger partial charge in [-0.1, -0.05) is 26.0 Å². The Bertz CT molecular complexity index is 1020. The number of ether oxygens (including phenoxy) is 1. The van der Waals surface area contributed by atoms with E-state index in [0.717, 1.165) is 11.7 Å². The second-order valence-corrected chi connectivity index (χ2v) is 7.68. The van der Waals surface area contributed by atoms with Crippen molar-refractivity contribution in [2.45, 2.75) is 32.4 Å². The Kier molecular flexibility index (Phi) is 6.07. The lowest BCUT2D eigenvalue weighted by atomic mass is 9.88. The summed E-state index contributed by atoms with van der Waals surface area (Å²) < 4.78 is 51.3. The summed E-state index contributed by atoms with van der Waals surface area (Å²) in [5.74, 6) is -1.58. The van der Waals surface area contributed by atoms with Gasteiger partial charge in [-0.15, -0.1) is 0 Å². The molecule has 9 heteroatoms. The number of aliphatic carboxylic acids is 1. The maximum Gasteiger partial charge on any atom is 0.422 e. The van der Waals surface area contributed by atoms with E-state index in [2.05, 4.69) is 8.75 Å². The molecule has 29 heavy (non-hydrogen) atoms. The molecule has 1 atom stereocenters. The fourth-order valence-electron chi connectivity index (χ4n) is 3.08. The maximum absolute atomic E-state index is 12.7. The van der Waals surface area contributed by atoms with Crippen LogP contribution in [0, 0.1) is 5.92 Å². The summed E-state index contributed by atoms with van der Waals surface area (Å²) in [6.07, 6.45) is -4.08. The molecule has 3 rings (SSSR count). The van der Waals surface area contributed by atoms with Crippen molar-refractivity contribution >= 4 is 28.7 Å². The summed E-state index contributed by atoms with van der Waals surface area (Å²) in [7, 11) is 0. The average Bonchev–Trinajstić information content (AvgIpc) is 3.11. The van der Waals surface area contributed by atoms with E-state index in [1.54, 1.807) is 24.3 Å². The second kappa shape index (κ2) is 8.36. The van der Waals surface area contributed by atoms with Crippen LogP contribution in [0.4, 0.5) is 13.2 Å². The molecule has 1 N–H and O–H groups in total. The Hall–Kier alpha value is -2.68. The molecule has 5 nitrogen and oxygen atoms in total. The number of halogens is 3. The van der Waals surface area contributed by atoms with E-state index in [1.807, 2.05) is 13.8 Å². The van der Waals surface area contributed by atoms with Gasteiger partial charge in [-0.2, -0.15) is 21.9 Å². The molecule has 0 saturated heterocycles. The molecule has 0 radical (unpaired) electrons. The topological polar surface area (TPSA) is 72.3 Å². The summed E-state index contributed by atoms with van der Waals surface area (Å²) in [5, 5.41) is 9.63. The highest BCUT2D eigenvalue weighted by atomic mass is 32.1. The van der Waals surface area contributed by atoms with E-state index < -0.39 is 24.7 Å². The minimum atomic E-state index is -4.49. The molecule has 3 aromatic rings. The molecule has 154 valence electrons. The smallest absolute Gasteiger partial charge is 0.422 e. The van der Waals surface area contributed by atoms with Crippen LogP contribution in [-0.2, 0) is 4.79 Å². The van der Waals surface area contributed by atoms with Crippen molar-refractivity contribution in [1.82, 2.24) is 8.75 Å². The van der Waals surface area contributed by atoms with Crippen LogP contribution in [-0.4, -0.2) is 32.6 Å². The zero-order valence-electron chi connectivity index (χ0n) is 15.7. The molecule has 1 aromatic heterocycles. The minimum absolute atomic E-state index is 0.0299. The number of hydrogen-bond acceptors (Lipinski definition) is 5. The summed E-state index contributed by atoms with van der Waals surface area (Å²) in [4.78, 5) is 11.8. The van der Waals surface area contributed by atoms with Gasteiger partial charge in [-0.3, -0.25) is 4.79 Å². The summed E-state index contributed by atoms with van der Waals surface area (Å²) >= 11 is 1.04. The first-order chi connectivity index (χ1) is 13.6. The first-order valence-electron chi connectivity index (χ1n) is 8.93. The molecule has 1 heterocycles. The standard InChI is InChI=1S/C20H19F3N2O3S/c1-11(2)7-15(19(26)27)12-4-6-18(28-10-20(21,22)23)14(8-12)13-3-5-16-17(9-13)25-29-24-16/h3-6,8-9,11,15H,7,10H2,1-2H3,(H,26,27). The first-order valence-corrected chi connectivity index (χ1v) is 9.66. The van der Waals surface area contributed by atoms with Crippen molar-refractivity contribution in [2.75, 3.05) is 6.61 Å². The Balaban J connectivity index is 2.08. The minimum Gasteiger partial charge on any atom is -0.483 e. The average molecular weight is 424 g/mol. The van der Waals surface area contributed by atoms with Crippen LogP contribution < -0.4 is 4.74 Å². The number of hydrogen-bond donors (Lipinski definition) is 1. The van der Waals surface area contributed by atoms with Crippen molar-refractivity contribution in [3.63, 3.8) is 0 Å². The normalized spacial score (nSPS) is 13.0. The lowest BCUT2D eigenvalue weighted by Crippen LogP contribution is -2.19. The van der Waals surface area contributed by atoms with E-state index in [9.17, 15) is 23.1 Å². The van der Waals surface area contributed by atoms with Gasteiger partial charge in [0, 0.05) is 5.56 Å². The molecular weight excluding hydrogens is 405 g/mol. The Morgan fingerprint density at radius 2 is 1.86 bits per heavy atom. The summed E-state index contributed by atoms with van der Waals surface area (Å²) in [6, 6.07) is 9.64. The third kappa shape index (κ3) is 5.23. The lowest BCUT2D eigenvalue weighted by Gasteiger charge is -2.19. The number of fused-ring (bicyclic) bond motifs is 1. The van der Waals surface area contributed by atoms with Crippen molar-refractivity contribution in [2.24, 2.45) is 5.92 Å². The van der Waals surface area contributed by atoms with Crippen LogP contribution in [0.2, 0.25) is 0 Å². The first kappa shape index (κ1) is 21.0. The monoisotopic (exact) mass is 424 g/mol. The van der Waals surface area contributed by atoms with Crippen molar-refractivity contribution in [3.8, 4) is 16.9 Å². The predicted molar refractivity (Wildman–Crippen MR) is 104 cm³/mol. The largest absolute Gasteiger partial charge is 0.483 e. The second-order valence-electron chi connectivity index (χ2n) is 7.15. The number of benzene rings is 2. The number of carboxylic acids is 1. The maximum atomic E-state index is 12.7. The van der Waals surface area contributed by atoms with Gasteiger partial charge < -0.3 is 9.84 Å². The highest BCUT2D eigenvalue weighted by molar-refractivity contribution is 7.00. The molecule has 0 aliphatic rings. The molecule has 0 spiro atoms. The Morgan fingerprint density at radius 1 is 1.14 bits per heavy atom. The molecule has 0 aliphatic heterocycles. The van der Waals surface area contributed by atoms with Gasteiger partial charge in [0.2, 0.25) is 0 Å². The zero-order valence-corrected chi connectivity index (χ0v) is 16.5. The van der Waals surface area contributed by atoms with Crippen LogP contribution in [0.15, 0.2) is 36.4 Å². The molecule has 0 fully saturated rings. The molecule has 0 bridgehead atoms. The highest BCUT2D eigenvalue weighted by Gasteiger charge is 2.29. The fourth-order valence-corrected chi connectivity index (χ4v) is 3.59.